The zero-order chi connectivity index (χ0) is 15.1. The van der Waals surface area contributed by atoms with Crippen LogP contribution < -0.4 is 10.5 Å². The van der Waals surface area contributed by atoms with Crippen LogP contribution in [-0.4, -0.2) is 26.8 Å². The van der Waals surface area contributed by atoms with E-state index < -0.39 is 10.0 Å². The molecule has 2 aliphatic carbocycles. The smallest absolute Gasteiger partial charge is 0.214 e. The predicted molar refractivity (Wildman–Crippen MR) is 87.5 cm³/mol. The van der Waals surface area contributed by atoms with E-state index in [-0.39, 0.29) is 5.25 Å². The summed E-state index contributed by atoms with van der Waals surface area (Å²) >= 11 is 0. The second kappa shape index (κ2) is 8.49. The highest BCUT2D eigenvalue weighted by Gasteiger charge is 2.41. The van der Waals surface area contributed by atoms with Crippen LogP contribution in [0.3, 0.4) is 0 Å². The maximum atomic E-state index is 12.6. The normalized spacial score (nSPS) is 30.0. The SMILES string of the molecule is NCCCCCCNS(=O)(=O)C1CCCC2CCCCC21. The van der Waals surface area contributed by atoms with E-state index >= 15 is 0 Å². The largest absolute Gasteiger partial charge is 0.330 e. The van der Waals surface area contributed by atoms with E-state index in [1.165, 1.54) is 25.7 Å². The molecule has 0 radical (unpaired) electrons. The number of unbranched alkanes of at least 4 members (excludes halogenated alkanes) is 3. The van der Waals surface area contributed by atoms with Gasteiger partial charge in [0.2, 0.25) is 10.0 Å². The number of sulfonamides is 1. The second-order valence-corrected chi connectivity index (χ2v) is 8.80. The number of hydrogen-bond acceptors (Lipinski definition) is 3. The number of rotatable bonds is 8. The topological polar surface area (TPSA) is 72.2 Å². The minimum Gasteiger partial charge on any atom is -0.330 e. The number of fused-ring (bicyclic) bond motifs is 1. The van der Waals surface area contributed by atoms with Crippen LogP contribution in [0.15, 0.2) is 0 Å². The Labute approximate surface area is 130 Å². The lowest BCUT2D eigenvalue weighted by atomic mass is 9.71. The Morgan fingerprint density at radius 1 is 0.905 bits per heavy atom. The number of nitrogens with one attached hydrogen (secondary N) is 1. The molecule has 2 fully saturated rings. The van der Waals surface area contributed by atoms with Crippen molar-refractivity contribution in [3.05, 3.63) is 0 Å². The minimum atomic E-state index is -3.12. The third kappa shape index (κ3) is 4.93. The molecule has 5 heteroatoms. The summed E-state index contributed by atoms with van der Waals surface area (Å²) in [5.74, 6) is 1.08. The summed E-state index contributed by atoms with van der Waals surface area (Å²) in [6, 6.07) is 0. The molecule has 21 heavy (non-hydrogen) atoms. The third-order valence-electron chi connectivity index (χ3n) is 5.34. The van der Waals surface area contributed by atoms with E-state index in [1.54, 1.807) is 0 Å². The van der Waals surface area contributed by atoms with Crippen LogP contribution in [0.2, 0.25) is 0 Å². The molecule has 0 aliphatic heterocycles. The van der Waals surface area contributed by atoms with Crippen molar-refractivity contribution in [1.82, 2.24) is 4.72 Å². The Morgan fingerprint density at radius 2 is 1.62 bits per heavy atom. The number of hydrogen-bond donors (Lipinski definition) is 2. The highest BCUT2D eigenvalue weighted by Crippen LogP contribution is 2.42. The monoisotopic (exact) mass is 316 g/mol. The molecule has 0 saturated heterocycles. The summed E-state index contributed by atoms with van der Waals surface area (Å²) in [5, 5.41) is -0.124. The second-order valence-electron chi connectivity index (χ2n) is 6.82. The lowest BCUT2D eigenvalue weighted by Crippen LogP contribution is -2.45. The number of nitrogens with two attached hydrogens (primary N) is 1. The van der Waals surface area contributed by atoms with Crippen LogP contribution in [0.1, 0.15) is 70.6 Å². The Bertz CT molecular complexity index is 395. The van der Waals surface area contributed by atoms with Gasteiger partial charge in [0.25, 0.3) is 0 Å². The molecule has 2 rings (SSSR count). The van der Waals surface area contributed by atoms with E-state index in [0.717, 1.165) is 51.5 Å². The van der Waals surface area contributed by atoms with Crippen molar-refractivity contribution in [2.45, 2.75) is 75.9 Å². The van der Waals surface area contributed by atoms with Gasteiger partial charge in [-0.3, -0.25) is 0 Å². The quantitative estimate of drug-likeness (QED) is 0.676. The molecule has 2 saturated carbocycles. The first-order chi connectivity index (χ1) is 10.1. The summed E-state index contributed by atoms with van der Waals surface area (Å²) < 4.78 is 28.1. The molecule has 4 nitrogen and oxygen atoms in total. The van der Waals surface area contributed by atoms with Crippen LogP contribution in [0, 0.1) is 11.8 Å². The van der Waals surface area contributed by atoms with Crippen LogP contribution in [-0.2, 0) is 10.0 Å². The lowest BCUT2D eigenvalue weighted by molar-refractivity contribution is 0.173. The first-order valence-corrected chi connectivity index (χ1v) is 10.4. The van der Waals surface area contributed by atoms with Gasteiger partial charge in [0.1, 0.15) is 0 Å². The van der Waals surface area contributed by atoms with Gasteiger partial charge >= 0.3 is 0 Å². The molecule has 0 aromatic heterocycles. The van der Waals surface area contributed by atoms with E-state index in [1.807, 2.05) is 0 Å². The molecule has 124 valence electrons. The van der Waals surface area contributed by atoms with Crippen LogP contribution in [0.25, 0.3) is 0 Å². The lowest BCUT2D eigenvalue weighted by Gasteiger charge is -2.40. The van der Waals surface area contributed by atoms with Gasteiger partial charge in [0.05, 0.1) is 5.25 Å². The zero-order valence-corrected chi connectivity index (χ0v) is 14.0. The fourth-order valence-electron chi connectivity index (χ4n) is 4.21. The summed E-state index contributed by atoms with van der Waals surface area (Å²) in [5.41, 5.74) is 5.46. The van der Waals surface area contributed by atoms with Gasteiger partial charge in [-0.15, -0.1) is 0 Å². The summed E-state index contributed by atoms with van der Waals surface area (Å²) in [6.45, 7) is 1.33. The van der Waals surface area contributed by atoms with Gasteiger partial charge in [0, 0.05) is 6.54 Å². The Balaban J connectivity index is 1.80. The van der Waals surface area contributed by atoms with Crippen molar-refractivity contribution in [3.8, 4) is 0 Å². The van der Waals surface area contributed by atoms with Crippen molar-refractivity contribution >= 4 is 10.0 Å². The molecular formula is C16H32N2O2S. The molecule has 2 aliphatic rings. The zero-order valence-electron chi connectivity index (χ0n) is 13.2. The summed E-state index contributed by atoms with van der Waals surface area (Å²) in [7, 11) is -3.12. The van der Waals surface area contributed by atoms with Gasteiger partial charge in [-0.2, -0.15) is 0 Å². The van der Waals surface area contributed by atoms with Crippen molar-refractivity contribution in [1.29, 1.82) is 0 Å². The van der Waals surface area contributed by atoms with E-state index in [2.05, 4.69) is 4.72 Å². The molecular weight excluding hydrogens is 284 g/mol. The first-order valence-electron chi connectivity index (χ1n) is 8.83. The maximum absolute atomic E-state index is 12.6. The average Bonchev–Trinajstić information content (AvgIpc) is 2.50. The fraction of sp³-hybridized carbons (Fsp3) is 1.00. The van der Waals surface area contributed by atoms with Gasteiger partial charge in [0.15, 0.2) is 0 Å². The fourth-order valence-corrected chi connectivity index (χ4v) is 6.15. The molecule has 3 N–H and O–H groups in total. The highest BCUT2D eigenvalue weighted by atomic mass is 32.2. The Hall–Kier alpha value is -0.130. The molecule has 0 aromatic carbocycles. The standard InChI is InChI=1S/C16H32N2O2S/c17-12-5-1-2-6-13-18-21(19,20)16-11-7-9-14-8-3-4-10-15(14)16/h14-16,18H,1-13,17H2. The van der Waals surface area contributed by atoms with Crippen LogP contribution in [0.4, 0.5) is 0 Å². The van der Waals surface area contributed by atoms with Gasteiger partial charge < -0.3 is 5.73 Å². The van der Waals surface area contributed by atoms with Crippen molar-refractivity contribution in [2.24, 2.45) is 17.6 Å². The van der Waals surface area contributed by atoms with Gasteiger partial charge in [-0.1, -0.05) is 44.9 Å². The average molecular weight is 317 g/mol. The molecule has 0 heterocycles. The van der Waals surface area contributed by atoms with Gasteiger partial charge in [-0.25, -0.2) is 13.1 Å². The van der Waals surface area contributed by atoms with Crippen molar-refractivity contribution in [3.63, 3.8) is 0 Å². The molecule has 0 aromatic rings. The Morgan fingerprint density at radius 3 is 2.43 bits per heavy atom. The minimum absolute atomic E-state index is 0.124. The van der Waals surface area contributed by atoms with Crippen LogP contribution in [0.5, 0.6) is 0 Å². The van der Waals surface area contributed by atoms with E-state index in [9.17, 15) is 8.42 Å². The molecule has 3 atom stereocenters. The maximum Gasteiger partial charge on any atom is 0.214 e. The molecule has 0 amide bonds. The molecule has 0 spiro atoms. The van der Waals surface area contributed by atoms with Crippen molar-refractivity contribution in [2.75, 3.05) is 13.1 Å². The summed E-state index contributed by atoms with van der Waals surface area (Å²) in [6.07, 6.45) is 12.2. The third-order valence-corrected chi connectivity index (χ3v) is 7.33. The van der Waals surface area contributed by atoms with E-state index in [4.69, 9.17) is 5.73 Å². The Kier molecular flexibility index (Phi) is 6.96. The molecule has 3 unspecified atom stereocenters. The van der Waals surface area contributed by atoms with E-state index in [0.29, 0.717) is 18.4 Å². The van der Waals surface area contributed by atoms with Gasteiger partial charge in [-0.05, 0) is 44.1 Å². The van der Waals surface area contributed by atoms with Crippen LogP contribution >= 0.6 is 0 Å². The summed E-state index contributed by atoms with van der Waals surface area (Å²) in [4.78, 5) is 0. The highest BCUT2D eigenvalue weighted by molar-refractivity contribution is 7.90. The predicted octanol–water partition coefficient (Wildman–Crippen LogP) is 2.78. The first kappa shape index (κ1) is 17.2. The van der Waals surface area contributed by atoms with Crippen molar-refractivity contribution < 1.29 is 8.42 Å². The molecule has 0 bridgehead atoms.